The van der Waals surface area contributed by atoms with Crippen LogP contribution in [0.3, 0.4) is 0 Å². The minimum Gasteiger partial charge on any atom is -0.379 e. The predicted octanol–water partition coefficient (Wildman–Crippen LogP) is 1.05. The van der Waals surface area contributed by atoms with E-state index in [9.17, 15) is 4.79 Å². The zero-order valence-electron chi connectivity index (χ0n) is 16.4. The summed E-state index contributed by atoms with van der Waals surface area (Å²) in [6.45, 7) is 7.13. The van der Waals surface area contributed by atoms with Crippen LogP contribution in [0.25, 0.3) is 0 Å². The Kier molecular flexibility index (Phi) is 6.66. The molecular weight excluding hydrogens is 348 g/mol. The molecule has 4 fully saturated rings. The quantitative estimate of drug-likeness (QED) is 0.709. The van der Waals surface area contributed by atoms with Gasteiger partial charge in [0.1, 0.15) is 12.2 Å². The van der Waals surface area contributed by atoms with Gasteiger partial charge in [0.2, 0.25) is 5.91 Å². The van der Waals surface area contributed by atoms with E-state index >= 15 is 0 Å². The average molecular weight is 383 g/mol. The predicted molar refractivity (Wildman–Crippen MR) is 99.7 cm³/mol. The molecule has 1 amide bonds. The van der Waals surface area contributed by atoms with E-state index in [4.69, 9.17) is 18.9 Å². The molecule has 3 aliphatic heterocycles. The molecule has 0 radical (unpaired) electrons. The van der Waals surface area contributed by atoms with Crippen LogP contribution in [0.1, 0.15) is 38.5 Å². The number of morpholine rings is 1. The molecule has 0 bridgehead atoms. The van der Waals surface area contributed by atoms with Gasteiger partial charge in [-0.3, -0.25) is 9.69 Å². The van der Waals surface area contributed by atoms with Crippen LogP contribution in [0.5, 0.6) is 0 Å². The van der Waals surface area contributed by atoms with Gasteiger partial charge in [-0.2, -0.15) is 0 Å². The maximum Gasteiger partial charge on any atom is 0.248 e. The normalized spacial score (nSPS) is 33.6. The van der Waals surface area contributed by atoms with Crippen molar-refractivity contribution in [2.75, 3.05) is 65.8 Å². The highest BCUT2D eigenvalue weighted by molar-refractivity contribution is 5.77. The molecule has 3 heterocycles. The molecule has 0 aromatic carbocycles. The van der Waals surface area contributed by atoms with Crippen molar-refractivity contribution in [2.24, 2.45) is 0 Å². The summed E-state index contributed by atoms with van der Waals surface area (Å²) in [5.41, 5.74) is -0.351. The Labute approximate surface area is 162 Å². The number of carbonyl (C=O) groups is 1. The third-order valence-electron chi connectivity index (χ3n) is 6.35. The number of hydrogen-bond acceptors (Lipinski definition) is 6. The Bertz CT molecular complexity index is 493. The maximum absolute atomic E-state index is 12.7. The van der Waals surface area contributed by atoms with Gasteiger partial charge < -0.3 is 23.8 Å². The molecule has 27 heavy (non-hydrogen) atoms. The molecule has 0 unspecified atom stereocenters. The van der Waals surface area contributed by atoms with E-state index in [2.05, 4.69) is 4.90 Å². The molecule has 0 aromatic rings. The highest BCUT2D eigenvalue weighted by Crippen LogP contribution is 2.33. The summed E-state index contributed by atoms with van der Waals surface area (Å²) in [6.07, 6.45) is 7.09. The number of amides is 1. The number of ether oxygens (including phenoxy) is 4. The summed E-state index contributed by atoms with van der Waals surface area (Å²) in [5.74, 6) is 0.0759. The van der Waals surface area contributed by atoms with Gasteiger partial charge in [0.25, 0.3) is 0 Å². The highest BCUT2D eigenvalue weighted by Gasteiger charge is 2.44. The molecule has 7 heteroatoms. The van der Waals surface area contributed by atoms with Crippen LogP contribution in [0, 0.1) is 0 Å². The van der Waals surface area contributed by atoms with E-state index in [1.54, 1.807) is 0 Å². The monoisotopic (exact) mass is 382 g/mol. The second kappa shape index (κ2) is 9.18. The molecule has 7 nitrogen and oxygen atoms in total. The van der Waals surface area contributed by atoms with Crippen LogP contribution in [0.2, 0.25) is 0 Å². The lowest BCUT2D eigenvalue weighted by molar-refractivity contribution is -0.143. The van der Waals surface area contributed by atoms with E-state index in [1.165, 1.54) is 12.8 Å². The molecular formula is C20H34N2O5. The van der Waals surface area contributed by atoms with E-state index in [1.807, 2.05) is 4.90 Å². The zero-order chi connectivity index (χ0) is 18.5. The van der Waals surface area contributed by atoms with E-state index in [0.29, 0.717) is 26.3 Å². The minimum absolute atomic E-state index is 0.0759. The largest absolute Gasteiger partial charge is 0.379 e. The number of hydrogen-bond donors (Lipinski definition) is 0. The van der Waals surface area contributed by atoms with Gasteiger partial charge >= 0.3 is 0 Å². The smallest absolute Gasteiger partial charge is 0.248 e. The first kappa shape index (κ1) is 19.6. The van der Waals surface area contributed by atoms with Crippen LogP contribution in [-0.2, 0) is 23.7 Å². The fourth-order valence-electron chi connectivity index (χ4n) is 4.77. The summed E-state index contributed by atoms with van der Waals surface area (Å²) < 4.78 is 23.6. The fraction of sp³-hybridized carbons (Fsp3) is 0.950. The first-order valence-corrected chi connectivity index (χ1v) is 10.7. The summed E-state index contributed by atoms with van der Waals surface area (Å²) in [4.78, 5) is 17.0. The van der Waals surface area contributed by atoms with Gasteiger partial charge in [-0.05, 0) is 25.7 Å². The van der Waals surface area contributed by atoms with Crippen molar-refractivity contribution >= 4 is 5.91 Å². The Balaban J connectivity index is 1.28. The Morgan fingerprint density at radius 2 is 1.81 bits per heavy atom. The Morgan fingerprint density at radius 1 is 1.04 bits per heavy atom. The SMILES string of the molecule is O=C(COC1CCCC1)N1CCOC[C@]2(CC[C@H](CN3CCOCC3)O2)C1. The molecule has 3 saturated heterocycles. The van der Waals surface area contributed by atoms with E-state index in [-0.39, 0.29) is 30.3 Å². The minimum atomic E-state index is -0.351. The molecule has 2 atom stereocenters. The second-order valence-corrected chi connectivity index (χ2v) is 8.46. The highest BCUT2D eigenvalue weighted by atomic mass is 16.6. The Morgan fingerprint density at radius 3 is 2.63 bits per heavy atom. The van der Waals surface area contributed by atoms with Crippen molar-refractivity contribution in [3.05, 3.63) is 0 Å². The van der Waals surface area contributed by atoms with Crippen molar-refractivity contribution in [1.82, 2.24) is 9.80 Å². The molecule has 0 aromatic heterocycles. The van der Waals surface area contributed by atoms with Crippen LogP contribution >= 0.6 is 0 Å². The van der Waals surface area contributed by atoms with E-state index in [0.717, 1.165) is 58.5 Å². The third-order valence-corrected chi connectivity index (χ3v) is 6.35. The van der Waals surface area contributed by atoms with Gasteiger partial charge in [0.05, 0.1) is 45.2 Å². The average Bonchev–Trinajstić information content (AvgIpc) is 3.28. The lowest BCUT2D eigenvalue weighted by Crippen LogP contribution is -2.48. The molecule has 4 aliphatic rings. The number of rotatable bonds is 5. The number of carbonyl (C=O) groups excluding carboxylic acids is 1. The summed E-state index contributed by atoms with van der Waals surface area (Å²) in [5, 5.41) is 0. The first-order chi connectivity index (χ1) is 13.2. The van der Waals surface area contributed by atoms with Crippen molar-refractivity contribution in [1.29, 1.82) is 0 Å². The summed E-state index contributed by atoms with van der Waals surface area (Å²) in [6, 6.07) is 0. The first-order valence-electron chi connectivity index (χ1n) is 10.7. The van der Waals surface area contributed by atoms with Gasteiger partial charge in [-0.15, -0.1) is 0 Å². The van der Waals surface area contributed by atoms with Crippen LogP contribution in [-0.4, -0.2) is 99.3 Å². The summed E-state index contributed by atoms with van der Waals surface area (Å²) >= 11 is 0. The summed E-state index contributed by atoms with van der Waals surface area (Å²) in [7, 11) is 0. The number of nitrogens with zero attached hydrogens (tertiary/aromatic N) is 2. The van der Waals surface area contributed by atoms with Gasteiger partial charge in [-0.25, -0.2) is 0 Å². The molecule has 4 rings (SSSR count). The van der Waals surface area contributed by atoms with Crippen molar-refractivity contribution in [2.45, 2.75) is 56.3 Å². The lowest BCUT2D eigenvalue weighted by Gasteiger charge is -2.33. The molecule has 154 valence electrons. The van der Waals surface area contributed by atoms with Crippen LogP contribution < -0.4 is 0 Å². The molecule has 1 spiro atoms. The van der Waals surface area contributed by atoms with Crippen LogP contribution in [0.15, 0.2) is 0 Å². The van der Waals surface area contributed by atoms with Crippen molar-refractivity contribution in [3.8, 4) is 0 Å². The lowest BCUT2D eigenvalue weighted by atomic mass is 10.00. The van der Waals surface area contributed by atoms with Gasteiger partial charge in [0.15, 0.2) is 0 Å². The molecule has 0 N–H and O–H groups in total. The standard InChI is InChI=1S/C20H34N2O5/c23-19(14-26-17-3-1-2-4-17)22-9-12-25-16-20(15-22)6-5-18(27-20)13-21-7-10-24-11-8-21/h17-18H,1-16H2/t18-,20+/m1/s1. The van der Waals surface area contributed by atoms with E-state index < -0.39 is 0 Å². The maximum atomic E-state index is 12.7. The topological polar surface area (TPSA) is 60.5 Å². The van der Waals surface area contributed by atoms with Crippen molar-refractivity contribution in [3.63, 3.8) is 0 Å². The molecule has 1 saturated carbocycles. The third kappa shape index (κ3) is 5.21. The van der Waals surface area contributed by atoms with Gasteiger partial charge in [0, 0.05) is 26.2 Å². The van der Waals surface area contributed by atoms with Gasteiger partial charge in [-0.1, -0.05) is 12.8 Å². The van der Waals surface area contributed by atoms with Crippen molar-refractivity contribution < 1.29 is 23.7 Å². The molecule has 1 aliphatic carbocycles. The Hall–Kier alpha value is -0.730. The second-order valence-electron chi connectivity index (χ2n) is 8.46. The zero-order valence-corrected chi connectivity index (χ0v) is 16.4. The fourth-order valence-corrected chi connectivity index (χ4v) is 4.77. The van der Waals surface area contributed by atoms with Crippen LogP contribution in [0.4, 0.5) is 0 Å².